The number of hydrogen-bond acceptors (Lipinski definition) is 3. The molecule has 1 heterocycles. The smallest absolute Gasteiger partial charge is 0.254 e. The van der Waals surface area contributed by atoms with Crippen LogP contribution in [0.4, 0.5) is 5.69 Å². The van der Waals surface area contributed by atoms with E-state index in [0.29, 0.717) is 0 Å². The number of nitrogens with zero attached hydrogens (tertiary/aromatic N) is 3. The molecule has 1 amide bonds. The Kier molecular flexibility index (Phi) is 6.08. The van der Waals surface area contributed by atoms with E-state index in [1.807, 2.05) is 54.2 Å². The molecule has 0 spiro atoms. The zero-order chi connectivity index (χ0) is 18.4. The number of amides is 1. The molecule has 0 saturated carbocycles. The van der Waals surface area contributed by atoms with Gasteiger partial charge in [-0.05, 0) is 23.8 Å². The van der Waals surface area contributed by atoms with Crippen LogP contribution in [0.1, 0.15) is 15.9 Å². The highest BCUT2D eigenvalue weighted by Crippen LogP contribution is 2.16. The average molecular weight is 349 g/mol. The van der Waals surface area contributed by atoms with Crippen molar-refractivity contribution in [1.82, 2.24) is 9.80 Å². The second-order valence-corrected chi connectivity index (χ2v) is 6.85. The van der Waals surface area contributed by atoms with Gasteiger partial charge in [0, 0.05) is 58.1 Å². The number of hydrogen-bond donors (Lipinski definition) is 0. The fourth-order valence-corrected chi connectivity index (χ4v) is 3.14. The highest BCUT2D eigenvalue weighted by molar-refractivity contribution is 5.95. The van der Waals surface area contributed by atoms with Crippen LogP contribution in [0.25, 0.3) is 6.08 Å². The maximum absolute atomic E-state index is 12.8. The van der Waals surface area contributed by atoms with Gasteiger partial charge in [0.25, 0.3) is 5.91 Å². The van der Waals surface area contributed by atoms with Crippen molar-refractivity contribution in [3.8, 4) is 0 Å². The van der Waals surface area contributed by atoms with Crippen LogP contribution in [0.2, 0.25) is 0 Å². The number of carbonyl (C=O) groups excluding carboxylic acids is 1. The molecule has 1 aliphatic heterocycles. The van der Waals surface area contributed by atoms with Gasteiger partial charge in [0.1, 0.15) is 0 Å². The Hall–Kier alpha value is -2.59. The highest BCUT2D eigenvalue weighted by atomic mass is 16.2. The summed E-state index contributed by atoms with van der Waals surface area (Å²) in [6.45, 7) is 4.32. The molecule has 3 rings (SSSR count). The summed E-state index contributed by atoms with van der Waals surface area (Å²) in [6, 6.07) is 18.2. The van der Waals surface area contributed by atoms with Crippen LogP contribution < -0.4 is 4.90 Å². The van der Waals surface area contributed by atoms with Crippen molar-refractivity contribution in [3.63, 3.8) is 0 Å². The Morgan fingerprint density at radius 2 is 1.73 bits per heavy atom. The standard InChI is InChI=1S/C22H27N3O/c1-23(2)21-12-6-11-20(18-21)22(26)25-16-14-24(15-17-25)13-7-10-19-8-4-3-5-9-19/h3-12,18H,13-17H2,1-2H3. The molecule has 136 valence electrons. The highest BCUT2D eigenvalue weighted by Gasteiger charge is 2.21. The lowest BCUT2D eigenvalue weighted by Gasteiger charge is -2.34. The Morgan fingerprint density at radius 3 is 2.42 bits per heavy atom. The van der Waals surface area contributed by atoms with Crippen LogP contribution in [0.3, 0.4) is 0 Å². The van der Waals surface area contributed by atoms with Crippen LogP contribution in [-0.4, -0.2) is 62.5 Å². The summed E-state index contributed by atoms with van der Waals surface area (Å²) >= 11 is 0. The van der Waals surface area contributed by atoms with Crippen molar-refractivity contribution >= 4 is 17.7 Å². The SMILES string of the molecule is CN(C)c1cccc(C(=O)N2CCN(CC=Cc3ccccc3)CC2)c1. The molecular weight excluding hydrogens is 322 g/mol. The van der Waals surface area contributed by atoms with Gasteiger partial charge in [0.05, 0.1) is 0 Å². The zero-order valence-electron chi connectivity index (χ0n) is 15.6. The van der Waals surface area contributed by atoms with E-state index in [0.717, 1.165) is 44.0 Å². The first-order chi connectivity index (χ1) is 12.6. The van der Waals surface area contributed by atoms with Gasteiger partial charge in [-0.15, -0.1) is 0 Å². The van der Waals surface area contributed by atoms with Gasteiger partial charge in [-0.3, -0.25) is 9.69 Å². The third kappa shape index (κ3) is 4.73. The van der Waals surface area contributed by atoms with E-state index in [2.05, 4.69) is 41.3 Å². The molecule has 0 unspecified atom stereocenters. The van der Waals surface area contributed by atoms with Crippen LogP contribution in [0, 0.1) is 0 Å². The van der Waals surface area contributed by atoms with E-state index in [4.69, 9.17) is 0 Å². The van der Waals surface area contributed by atoms with Crippen LogP contribution in [0.15, 0.2) is 60.7 Å². The minimum atomic E-state index is 0.133. The van der Waals surface area contributed by atoms with E-state index < -0.39 is 0 Å². The second kappa shape index (κ2) is 8.68. The number of benzene rings is 2. The fraction of sp³-hybridized carbons (Fsp3) is 0.318. The van der Waals surface area contributed by atoms with Crippen molar-refractivity contribution in [2.45, 2.75) is 0 Å². The summed E-state index contributed by atoms with van der Waals surface area (Å²) in [5.74, 6) is 0.133. The molecule has 0 aliphatic carbocycles. The second-order valence-electron chi connectivity index (χ2n) is 6.85. The molecule has 1 aliphatic rings. The Morgan fingerprint density at radius 1 is 1.00 bits per heavy atom. The maximum atomic E-state index is 12.8. The number of anilines is 1. The summed E-state index contributed by atoms with van der Waals surface area (Å²) in [5.41, 5.74) is 3.05. The summed E-state index contributed by atoms with van der Waals surface area (Å²) in [4.78, 5) is 19.1. The largest absolute Gasteiger partial charge is 0.378 e. The van der Waals surface area contributed by atoms with Crippen LogP contribution >= 0.6 is 0 Å². The molecule has 0 N–H and O–H groups in total. The van der Waals surface area contributed by atoms with E-state index in [1.165, 1.54) is 5.56 Å². The van der Waals surface area contributed by atoms with Crippen molar-refractivity contribution in [1.29, 1.82) is 0 Å². The summed E-state index contributed by atoms with van der Waals surface area (Å²) < 4.78 is 0. The molecular formula is C22H27N3O. The predicted octanol–water partition coefficient (Wildman–Crippen LogP) is 3.22. The van der Waals surface area contributed by atoms with Crippen LogP contribution in [-0.2, 0) is 0 Å². The van der Waals surface area contributed by atoms with Gasteiger partial charge >= 0.3 is 0 Å². The number of carbonyl (C=O) groups is 1. The Bertz CT molecular complexity index is 747. The first-order valence-corrected chi connectivity index (χ1v) is 9.14. The third-order valence-electron chi connectivity index (χ3n) is 4.74. The first-order valence-electron chi connectivity index (χ1n) is 9.14. The van der Waals surface area contributed by atoms with E-state index in [9.17, 15) is 4.79 Å². The number of piperazine rings is 1. The molecule has 1 fully saturated rings. The monoisotopic (exact) mass is 349 g/mol. The van der Waals surface area contributed by atoms with E-state index >= 15 is 0 Å². The molecule has 1 saturated heterocycles. The van der Waals surface area contributed by atoms with Crippen molar-refractivity contribution in [2.24, 2.45) is 0 Å². The molecule has 2 aromatic rings. The molecule has 26 heavy (non-hydrogen) atoms. The lowest BCUT2D eigenvalue weighted by Crippen LogP contribution is -2.48. The molecule has 2 aromatic carbocycles. The van der Waals surface area contributed by atoms with Gasteiger partial charge in [-0.1, -0.05) is 48.6 Å². The topological polar surface area (TPSA) is 26.8 Å². The fourth-order valence-electron chi connectivity index (χ4n) is 3.14. The van der Waals surface area contributed by atoms with Crippen LogP contribution in [0.5, 0.6) is 0 Å². The lowest BCUT2D eigenvalue weighted by atomic mass is 10.1. The Balaban J connectivity index is 1.51. The van der Waals surface area contributed by atoms with Gasteiger partial charge in [0.2, 0.25) is 0 Å². The van der Waals surface area contributed by atoms with Crippen molar-refractivity contribution in [2.75, 3.05) is 51.7 Å². The van der Waals surface area contributed by atoms with E-state index in [-0.39, 0.29) is 5.91 Å². The van der Waals surface area contributed by atoms with Gasteiger partial charge in [-0.25, -0.2) is 0 Å². The normalized spacial score (nSPS) is 15.4. The van der Waals surface area contributed by atoms with Gasteiger partial charge < -0.3 is 9.80 Å². The average Bonchev–Trinajstić information content (AvgIpc) is 2.69. The van der Waals surface area contributed by atoms with E-state index in [1.54, 1.807) is 0 Å². The lowest BCUT2D eigenvalue weighted by molar-refractivity contribution is 0.0650. The summed E-state index contributed by atoms with van der Waals surface area (Å²) in [7, 11) is 3.98. The minimum absolute atomic E-state index is 0.133. The molecule has 0 aromatic heterocycles. The summed E-state index contributed by atoms with van der Waals surface area (Å²) in [5, 5.41) is 0. The molecule has 4 nitrogen and oxygen atoms in total. The number of rotatable bonds is 5. The van der Waals surface area contributed by atoms with Gasteiger partial charge in [-0.2, -0.15) is 0 Å². The maximum Gasteiger partial charge on any atom is 0.254 e. The van der Waals surface area contributed by atoms with Gasteiger partial charge in [0.15, 0.2) is 0 Å². The van der Waals surface area contributed by atoms with Crippen molar-refractivity contribution < 1.29 is 4.79 Å². The summed E-state index contributed by atoms with van der Waals surface area (Å²) in [6.07, 6.45) is 4.36. The first kappa shape index (κ1) is 18.2. The molecule has 0 radical (unpaired) electrons. The Labute approximate surface area is 156 Å². The quantitative estimate of drug-likeness (QED) is 0.829. The predicted molar refractivity (Wildman–Crippen MR) is 109 cm³/mol. The molecule has 0 atom stereocenters. The zero-order valence-corrected chi connectivity index (χ0v) is 15.6. The molecule has 0 bridgehead atoms. The van der Waals surface area contributed by atoms with Crippen molar-refractivity contribution in [3.05, 3.63) is 71.8 Å². The minimum Gasteiger partial charge on any atom is -0.378 e. The molecule has 4 heteroatoms. The third-order valence-corrected chi connectivity index (χ3v) is 4.74.